The van der Waals surface area contributed by atoms with Crippen molar-refractivity contribution in [2.75, 3.05) is 18.8 Å². The van der Waals surface area contributed by atoms with E-state index in [1.165, 1.54) is 11.8 Å². The van der Waals surface area contributed by atoms with Gasteiger partial charge in [-0.1, -0.05) is 18.2 Å². The third kappa shape index (κ3) is 5.42. The van der Waals surface area contributed by atoms with Crippen LogP contribution in [0.15, 0.2) is 41.0 Å². The van der Waals surface area contributed by atoms with E-state index in [0.717, 1.165) is 11.3 Å². The Hall–Kier alpha value is -2.28. The molecular weight excluding hydrogens is 328 g/mol. The summed E-state index contributed by atoms with van der Waals surface area (Å²) in [6.45, 7) is 2.59. The maximum atomic E-state index is 12.1. The molecule has 24 heavy (non-hydrogen) atoms. The van der Waals surface area contributed by atoms with Crippen LogP contribution in [0.3, 0.4) is 0 Å². The molecule has 7 heteroatoms. The fourth-order valence-corrected chi connectivity index (χ4v) is 2.91. The van der Waals surface area contributed by atoms with Crippen LogP contribution in [0.25, 0.3) is 11.5 Å². The Labute approximate surface area is 144 Å². The molecule has 2 rings (SSSR count). The van der Waals surface area contributed by atoms with E-state index in [1.807, 2.05) is 37.3 Å². The number of oxazole rings is 1. The predicted octanol–water partition coefficient (Wildman–Crippen LogP) is 2.90. The second-order valence-corrected chi connectivity index (χ2v) is 6.11. The number of rotatable bonds is 9. The number of carboxylic acid groups (broad SMARTS) is 1. The average molecular weight is 348 g/mol. The fraction of sp³-hybridized carbons (Fsp3) is 0.353. The Bertz CT molecular complexity index is 672. The lowest BCUT2D eigenvalue weighted by molar-refractivity contribution is -0.138. The Kier molecular flexibility index (Phi) is 6.87. The minimum absolute atomic E-state index is 0.0338. The normalized spacial score (nSPS) is 10.5. The zero-order valence-corrected chi connectivity index (χ0v) is 14.3. The number of carbonyl (C=O) groups is 2. The van der Waals surface area contributed by atoms with Crippen molar-refractivity contribution in [3.8, 4) is 11.5 Å². The number of aromatic nitrogens is 1. The molecule has 0 atom stereocenters. The summed E-state index contributed by atoms with van der Waals surface area (Å²) in [7, 11) is 0. The highest BCUT2D eigenvalue weighted by Gasteiger charge is 2.13. The second kappa shape index (κ2) is 9.12. The van der Waals surface area contributed by atoms with E-state index in [1.54, 1.807) is 11.2 Å². The zero-order valence-electron chi connectivity index (χ0n) is 13.5. The van der Waals surface area contributed by atoms with Crippen LogP contribution in [0.4, 0.5) is 0 Å². The average Bonchev–Trinajstić information content (AvgIpc) is 3.05. The number of nitrogens with zero attached hydrogens (tertiary/aromatic N) is 2. The molecule has 1 aromatic heterocycles. The molecule has 1 amide bonds. The summed E-state index contributed by atoms with van der Waals surface area (Å²) in [5, 5.41) is 8.70. The minimum Gasteiger partial charge on any atom is -0.481 e. The van der Waals surface area contributed by atoms with Crippen molar-refractivity contribution in [1.29, 1.82) is 0 Å². The minimum atomic E-state index is -0.898. The van der Waals surface area contributed by atoms with Gasteiger partial charge in [0.1, 0.15) is 6.26 Å². The van der Waals surface area contributed by atoms with Gasteiger partial charge in [-0.3, -0.25) is 9.59 Å². The Balaban J connectivity index is 1.80. The fourth-order valence-electron chi connectivity index (χ4n) is 2.11. The summed E-state index contributed by atoms with van der Waals surface area (Å²) in [6.07, 6.45) is 1.57. The Morgan fingerprint density at radius 1 is 1.29 bits per heavy atom. The SMILES string of the molecule is CCN(CCC(=O)O)C(=O)CSCc1coc(-c2ccccc2)n1. The molecule has 0 radical (unpaired) electrons. The molecule has 0 bridgehead atoms. The molecule has 0 saturated carbocycles. The monoisotopic (exact) mass is 348 g/mol. The van der Waals surface area contributed by atoms with E-state index in [2.05, 4.69) is 4.98 Å². The van der Waals surface area contributed by atoms with E-state index in [0.29, 0.717) is 23.9 Å². The highest BCUT2D eigenvalue weighted by Crippen LogP contribution is 2.20. The van der Waals surface area contributed by atoms with Crippen molar-refractivity contribution >= 4 is 23.6 Å². The molecule has 128 valence electrons. The smallest absolute Gasteiger partial charge is 0.305 e. The number of hydrogen-bond donors (Lipinski definition) is 1. The van der Waals surface area contributed by atoms with Gasteiger partial charge in [0.15, 0.2) is 0 Å². The first kappa shape index (κ1) is 18.1. The van der Waals surface area contributed by atoms with Crippen LogP contribution in [0, 0.1) is 0 Å². The number of carboxylic acids is 1. The van der Waals surface area contributed by atoms with Crippen molar-refractivity contribution in [2.45, 2.75) is 19.1 Å². The van der Waals surface area contributed by atoms with Crippen molar-refractivity contribution in [1.82, 2.24) is 9.88 Å². The van der Waals surface area contributed by atoms with E-state index in [-0.39, 0.29) is 18.9 Å². The van der Waals surface area contributed by atoms with Crippen molar-refractivity contribution in [2.24, 2.45) is 0 Å². The maximum Gasteiger partial charge on any atom is 0.305 e. The molecule has 1 heterocycles. The van der Waals surface area contributed by atoms with Gasteiger partial charge in [-0.25, -0.2) is 4.98 Å². The number of amides is 1. The van der Waals surface area contributed by atoms with Crippen LogP contribution in [-0.2, 0) is 15.3 Å². The largest absolute Gasteiger partial charge is 0.481 e. The summed E-state index contributed by atoms with van der Waals surface area (Å²) < 4.78 is 5.46. The quantitative estimate of drug-likeness (QED) is 0.750. The van der Waals surface area contributed by atoms with Gasteiger partial charge in [-0.2, -0.15) is 0 Å². The third-order valence-electron chi connectivity index (χ3n) is 3.38. The first-order valence-corrected chi connectivity index (χ1v) is 8.82. The summed E-state index contributed by atoms with van der Waals surface area (Å²) in [5.74, 6) is 0.467. The highest BCUT2D eigenvalue weighted by atomic mass is 32.2. The lowest BCUT2D eigenvalue weighted by Crippen LogP contribution is -2.34. The third-order valence-corrected chi connectivity index (χ3v) is 4.33. The Morgan fingerprint density at radius 2 is 2.04 bits per heavy atom. The van der Waals surface area contributed by atoms with Gasteiger partial charge in [0, 0.05) is 24.4 Å². The number of benzene rings is 1. The van der Waals surface area contributed by atoms with Gasteiger partial charge in [-0.15, -0.1) is 11.8 Å². The van der Waals surface area contributed by atoms with Crippen LogP contribution in [0.1, 0.15) is 19.0 Å². The van der Waals surface area contributed by atoms with Crippen LogP contribution >= 0.6 is 11.8 Å². The molecule has 0 aliphatic rings. The summed E-state index contributed by atoms with van der Waals surface area (Å²) in [4.78, 5) is 28.6. The van der Waals surface area contributed by atoms with Crippen LogP contribution < -0.4 is 0 Å². The molecule has 0 saturated heterocycles. The Morgan fingerprint density at radius 3 is 2.71 bits per heavy atom. The zero-order chi connectivity index (χ0) is 17.4. The van der Waals surface area contributed by atoms with E-state index in [9.17, 15) is 9.59 Å². The van der Waals surface area contributed by atoms with Crippen molar-refractivity contribution in [3.63, 3.8) is 0 Å². The lowest BCUT2D eigenvalue weighted by atomic mass is 10.2. The van der Waals surface area contributed by atoms with Gasteiger partial charge in [0.05, 0.1) is 17.9 Å². The number of hydrogen-bond acceptors (Lipinski definition) is 5. The molecule has 0 spiro atoms. The molecule has 1 aromatic carbocycles. The van der Waals surface area contributed by atoms with E-state index >= 15 is 0 Å². The molecule has 6 nitrogen and oxygen atoms in total. The van der Waals surface area contributed by atoms with Crippen molar-refractivity contribution < 1.29 is 19.1 Å². The van der Waals surface area contributed by atoms with Gasteiger partial charge >= 0.3 is 5.97 Å². The second-order valence-electron chi connectivity index (χ2n) is 5.12. The first-order chi connectivity index (χ1) is 11.6. The van der Waals surface area contributed by atoms with Gasteiger partial charge in [0.25, 0.3) is 0 Å². The summed E-state index contributed by atoms with van der Waals surface area (Å²) >= 11 is 1.44. The van der Waals surface area contributed by atoms with Crippen LogP contribution in [0.2, 0.25) is 0 Å². The van der Waals surface area contributed by atoms with Crippen LogP contribution in [0.5, 0.6) is 0 Å². The van der Waals surface area contributed by atoms with Gasteiger partial charge in [0.2, 0.25) is 11.8 Å². The molecule has 0 aliphatic carbocycles. The standard InChI is InChI=1S/C17H20N2O4S/c1-2-19(9-8-16(21)22)15(20)12-24-11-14-10-23-17(18-14)13-6-4-3-5-7-13/h3-7,10H,2,8-9,11-12H2,1H3,(H,21,22). The van der Waals surface area contributed by atoms with E-state index in [4.69, 9.17) is 9.52 Å². The molecule has 1 N–H and O–H groups in total. The summed E-state index contributed by atoms with van der Waals surface area (Å²) in [6, 6.07) is 9.62. The molecule has 2 aromatic rings. The molecule has 0 unspecified atom stereocenters. The highest BCUT2D eigenvalue weighted by molar-refractivity contribution is 7.99. The topological polar surface area (TPSA) is 83.6 Å². The van der Waals surface area contributed by atoms with Gasteiger partial charge < -0.3 is 14.4 Å². The number of aliphatic carboxylic acids is 1. The molecule has 0 aliphatic heterocycles. The first-order valence-electron chi connectivity index (χ1n) is 7.67. The lowest BCUT2D eigenvalue weighted by Gasteiger charge is -2.19. The molecular formula is C17H20N2O4S. The maximum absolute atomic E-state index is 12.1. The van der Waals surface area contributed by atoms with E-state index < -0.39 is 5.97 Å². The van der Waals surface area contributed by atoms with Gasteiger partial charge in [-0.05, 0) is 19.1 Å². The van der Waals surface area contributed by atoms with Crippen molar-refractivity contribution in [3.05, 3.63) is 42.3 Å². The number of carbonyl (C=O) groups excluding carboxylic acids is 1. The summed E-state index contributed by atoms with van der Waals surface area (Å²) in [5.41, 5.74) is 1.69. The number of thioether (sulfide) groups is 1. The predicted molar refractivity (Wildman–Crippen MR) is 92.6 cm³/mol. The molecule has 0 fully saturated rings. The van der Waals surface area contributed by atoms with Crippen LogP contribution in [-0.4, -0.2) is 45.7 Å².